The number of carbonyl (C=O) groups excluding carboxylic acids is 1. The van der Waals surface area contributed by atoms with E-state index in [0.29, 0.717) is 5.92 Å². The standard InChI is InChI=1S/C12H21N5O/c1-3-6-17-11(8-15-16-17)9-4-5-14-10(7-9)12(18)13-2/h8-10,14H,3-7H2,1-2H3,(H,13,18). The molecule has 1 aliphatic rings. The fraction of sp³-hybridized carbons (Fsp3) is 0.750. The van der Waals surface area contributed by atoms with E-state index in [9.17, 15) is 4.79 Å². The van der Waals surface area contributed by atoms with Gasteiger partial charge in [-0.05, 0) is 25.8 Å². The molecule has 1 aromatic rings. The molecule has 1 aromatic heterocycles. The molecule has 0 bridgehead atoms. The van der Waals surface area contributed by atoms with Crippen LogP contribution in [-0.4, -0.2) is 40.5 Å². The summed E-state index contributed by atoms with van der Waals surface area (Å²) in [6.07, 6.45) is 4.73. The molecular weight excluding hydrogens is 230 g/mol. The molecule has 2 unspecified atom stereocenters. The van der Waals surface area contributed by atoms with Gasteiger partial charge in [-0.1, -0.05) is 12.1 Å². The van der Waals surface area contributed by atoms with Gasteiger partial charge in [-0.3, -0.25) is 4.79 Å². The van der Waals surface area contributed by atoms with Crippen LogP contribution in [0.3, 0.4) is 0 Å². The second-order valence-electron chi connectivity index (χ2n) is 4.72. The van der Waals surface area contributed by atoms with E-state index in [1.807, 2.05) is 10.9 Å². The quantitative estimate of drug-likeness (QED) is 0.805. The summed E-state index contributed by atoms with van der Waals surface area (Å²) in [7, 11) is 1.68. The van der Waals surface area contributed by atoms with Gasteiger partial charge < -0.3 is 10.6 Å². The zero-order valence-corrected chi connectivity index (χ0v) is 11.0. The van der Waals surface area contributed by atoms with Gasteiger partial charge in [0.05, 0.1) is 17.9 Å². The summed E-state index contributed by atoms with van der Waals surface area (Å²) in [5.41, 5.74) is 1.16. The van der Waals surface area contributed by atoms with E-state index in [0.717, 1.165) is 38.0 Å². The number of aryl methyl sites for hydroxylation is 1. The number of piperidine rings is 1. The van der Waals surface area contributed by atoms with Gasteiger partial charge in [0.1, 0.15) is 0 Å². The van der Waals surface area contributed by atoms with E-state index < -0.39 is 0 Å². The summed E-state index contributed by atoms with van der Waals surface area (Å²) in [5, 5.41) is 14.1. The Morgan fingerprint density at radius 3 is 3.22 bits per heavy atom. The van der Waals surface area contributed by atoms with Crippen LogP contribution in [0.15, 0.2) is 6.20 Å². The highest BCUT2D eigenvalue weighted by atomic mass is 16.2. The van der Waals surface area contributed by atoms with Crippen molar-refractivity contribution in [2.45, 2.75) is 44.7 Å². The summed E-state index contributed by atoms with van der Waals surface area (Å²) >= 11 is 0. The SMILES string of the molecule is CCCn1nncc1C1CCNC(C(=O)NC)C1. The van der Waals surface area contributed by atoms with Crippen molar-refractivity contribution in [3.8, 4) is 0 Å². The maximum Gasteiger partial charge on any atom is 0.236 e. The minimum atomic E-state index is -0.0984. The number of aromatic nitrogens is 3. The first-order chi connectivity index (χ1) is 8.76. The summed E-state index contributed by atoms with van der Waals surface area (Å²) in [4.78, 5) is 11.7. The number of rotatable bonds is 4. The van der Waals surface area contributed by atoms with Gasteiger partial charge in [-0.2, -0.15) is 0 Å². The second kappa shape index (κ2) is 5.95. The molecule has 2 N–H and O–H groups in total. The van der Waals surface area contributed by atoms with Crippen LogP contribution in [0.5, 0.6) is 0 Å². The lowest BCUT2D eigenvalue weighted by atomic mass is 9.89. The van der Waals surface area contributed by atoms with Crippen molar-refractivity contribution < 1.29 is 4.79 Å². The van der Waals surface area contributed by atoms with Crippen molar-refractivity contribution in [2.24, 2.45) is 0 Å². The van der Waals surface area contributed by atoms with Crippen LogP contribution in [0.4, 0.5) is 0 Å². The van der Waals surface area contributed by atoms with E-state index in [4.69, 9.17) is 0 Å². The molecule has 0 saturated carbocycles. The molecule has 0 aromatic carbocycles. The maximum absolute atomic E-state index is 11.7. The molecule has 6 nitrogen and oxygen atoms in total. The summed E-state index contributed by atoms with van der Waals surface area (Å²) in [6.45, 7) is 3.88. The lowest BCUT2D eigenvalue weighted by molar-refractivity contribution is -0.123. The first-order valence-electron chi connectivity index (χ1n) is 6.59. The third-order valence-corrected chi connectivity index (χ3v) is 3.47. The number of nitrogens with zero attached hydrogens (tertiary/aromatic N) is 3. The maximum atomic E-state index is 11.7. The number of hydrogen-bond acceptors (Lipinski definition) is 4. The largest absolute Gasteiger partial charge is 0.358 e. The Bertz CT molecular complexity index is 403. The molecule has 100 valence electrons. The molecule has 18 heavy (non-hydrogen) atoms. The highest BCUT2D eigenvalue weighted by Crippen LogP contribution is 2.27. The first-order valence-corrected chi connectivity index (χ1v) is 6.59. The fourth-order valence-corrected chi connectivity index (χ4v) is 2.53. The molecule has 0 spiro atoms. The number of carbonyl (C=O) groups is 1. The van der Waals surface area contributed by atoms with Gasteiger partial charge in [0, 0.05) is 19.5 Å². The zero-order valence-electron chi connectivity index (χ0n) is 11.0. The van der Waals surface area contributed by atoms with Crippen LogP contribution in [0.1, 0.15) is 37.8 Å². The molecule has 2 atom stereocenters. The molecule has 2 heterocycles. The van der Waals surface area contributed by atoms with Crippen molar-refractivity contribution in [2.75, 3.05) is 13.6 Å². The van der Waals surface area contributed by atoms with Crippen LogP contribution >= 0.6 is 0 Å². The van der Waals surface area contributed by atoms with E-state index in [2.05, 4.69) is 27.9 Å². The third-order valence-electron chi connectivity index (χ3n) is 3.47. The predicted octanol–water partition coefficient (Wildman–Crippen LogP) is 0.270. The number of nitrogens with one attached hydrogen (secondary N) is 2. The van der Waals surface area contributed by atoms with Gasteiger partial charge in [0.15, 0.2) is 0 Å². The third kappa shape index (κ3) is 2.69. The summed E-state index contributed by atoms with van der Waals surface area (Å²) in [5.74, 6) is 0.435. The Kier molecular flexibility index (Phi) is 4.30. The zero-order chi connectivity index (χ0) is 13.0. The minimum Gasteiger partial charge on any atom is -0.358 e. The van der Waals surface area contributed by atoms with Crippen LogP contribution in [-0.2, 0) is 11.3 Å². The van der Waals surface area contributed by atoms with Gasteiger partial charge in [-0.25, -0.2) is 4.68 Å². The lowest BCUT2D eigenvalue weighted by Gasteiger charge is -2.29. The Morgan fingerprint density at radius 2 is 2.50 bits per heavy atom. The van der Waals surface area contributed by atoms with E-state index >= 15 is 0 Å². The molecule has 2 rings (SSSR count). The molecule has 1 aliphatic heterocycles. The Morgan fingerprint density at radius 1 is 1.67 bits per heavy atom. The van der Waals surface area contributed by atoms with Gasteiger partial charge >= 0.3 is 0 Å². The van der Waals surface area contributed by atoms with Crippen LogP contribution in [0, 0.1) is 0 Å². The van der Waals surface area contributed by atoms with Gasteiger partial charge in [0.25, 0.3) is 0 Å². The van der Waals surface area contributed by atoms with Crippen molar-refractivity contribution in [1.29, 1.82) is 0 Å². The fourth-order valence-electron chi connectivity index (χ4n) is 2.53. The van der Waals surface area contributed by atoms with Crippen molar-refractivity contribution in [1.82, 2.24) is 25.6 Å². The van der Waals surface area contributed by atoms with Crippen LogP contribution in [0.25, 0.3) is 0 Å². The van der Waals surface area contributed by atoms with E-state index in [1.165, 1.54) is 0 Å². The monoisotopic (exact) mass is 251 g/mol. The number of hydrogen-bond donors (Lipinski definition) is 2. The molecule has 0 radical (unpaired) electrons. The highest BCUT2D eigenvalue weighted by Gasteiger charge is 2.29. The minimum absolute atomic E-state index is 0.0641. The number of amides is 1. The van der Waals surface area contributed by atoms with E-state index in [-0.39, 0.29) is 11.9 Å². The molecular formula is C12H21N5O. The Hall–Kier alpha value is -1.43. The van der Waals surface area contributed by atoms with Crippen molar-refractivity contribution in [3.05, 3.63) is 11.9 Å². The Balaban J connectivity index is 2.08. The smallest absolute Gasteiger partial charge is 0.236 e. The van der Waals surface area contributed by atoms with Crippen molar-refractivity contribution >= 4 is 5.91 Å². The average Bonchev–Trinajstić information content (AvgIpc) is 2.87. The second-order valence-corrected chi connectivity index (χ2v) is 4.72. The van der Waals surface area contributed by atoms with Crippen molar-refractivity contribution in [3.63, 3.8) is 0 Å². The Labute approximate surface area is 107 Å². The van der Waals surface area contributed by atoms with Crippen LogP contribution in [0.2, 0.25) is 0 Å². The topological polar surface area (TPSA) is 71.8 Å². The van der Waals surface area contributed by atoms with Gasteiger partial charge in [0.2, 0.25) is 5.91 Å². The molecule has 6 heteroatoms. The highest BCUT2D eigenvalue weighted by molar-refractivity contribution is 5.81. The van der Waals surface area contributed by atoms with E-state index in [1.54, 1.807) is 7.05 Å². The summed E-state index contributed by atoms with van der Waals surface area (Å²) < 4.78 is 1.97. The lowest BCUT2D eigenvalue weighted by Crippen LogP contribution is -2.47. The molecule has 1 fully saturated rings. The molecule has 0 aliphatic carbocycles. The molecule has 1 amide bonds. The molecule has 1 saturated heterocycles. The predicted molar refractivity (Wildman–Crippen MR) is 68.1 cm³/mol. The summed E-state index contributed by atoms with van der Waals surface area (Å²) in [6, 6.07) is -0.0984. The first kappa shape index (κ1) is 13.0. The average molecular weight is 251 g/mol. The normalized spacial score (nSPS) is 23.9. The number of likely N-dealkylation sites (N-methyl/N-ethyl adjacent to an activating group) is 1. The van der Waals surface area contributed by atoms with Gasteiger partial charge in [-0.15, -0.1) is 5.10 Å². The van der Waals surface area contributed by atoms with Crippen LogP contribution < -0.4 is 10.6 Å².